The largest absolute Gasteiger partial charge is 0.294 e. The second-order valence-electron chi connectivity index (χ2n) is 4.63. The van der Waals surface area contributed by atoms with Gasteiger partial charge in [-0.25, -0.2) is 4.39 Å². The average Bonchev–Trinajstić information content (AvgIpc) is 2.44. The van der Waals surface area contributed by atoms with Crippen LogP contribution in [0, 0.1) is 5.82 Å². The predicted molar refractivity (Wildman–Crippen MR) is 85.4 cm³/mol. The Balaban J connectivity index is 2.06. The van der Waals surface area contributed by atoms with E-state index >= 15 is 0 Å². The minimum absolute atomic E-state index is 0.235. The first-order valence-electron chi connectivity index (χ1n) is 6.45. The van der Waals surface area contributed by atoms with Crippen molar-refractivity contribution in [3.63, 3.8) is 0 Å². The highest BCUT2D eigenvalue weighted by Crippen LogP contribution is 2.18. The van der Waals surface area contributed by atoms with E-state index in [-0.39, 0.29) is 5.82 Å². The summed E-state index contributed by atoms with van der Waals surface area (Å²) < 4.78 is 13.7. The van der Waals surface area contributed by atoms with Gasteiger partial charge in [0.15, 0.2) is 0 Å². The molecular weight excluding hydrogens is 341 g/mol. The minimum atomic E-state index is -0.235. The van der Waals surface area contributed by atoms with Crippen molar-refractivity contribution in [1.29, 1.82) is 0 Å². The molecule has 0 atom stereocenters. The van der Waals surface area contributed by atoms with Crippen LogP contribution >= 0.6 is 27.5 Å². The summed E-state index contributed by atoms with van der Waals surface area (Å²) in [6.45, 7) is 2.38. The average molecular weight is 357 g/mol. The van der Waals surface area contributed by atoms with Crippen LogP contribution in [0.2, 0.25) is 0 Å². The van der Waals surface area contributed by atoms with Crippen LogP contribution in [0.3, 0.4) is 0 Å². The smallest absolute Gasteiger partial charge is 0.137 e. The van der Waals surface area contributed by atoms with Gasteiger partial charge in [0.25, 0.3) is 0 Å². The first-order valence-corrected chi connectivity index (χ1v) is 7.78. The Morgan fingerprint density at radius 2 is 1.70 bits per heavy atom. The summed E-state index contributed by atoms with van der Waals surface area (Å²) in [5, 5.41) is 0. The van der Waals surface area contributed by atoms with Crippen LogP contribution in [0.5, 0.6) is 0 Å². The predicted octanol–water partition coefficient (Wildman–Crippen LogP) is 4.83. The standard InChI is InChI=1S/C16H16BrClFN/c17-15-10-14(6-7-16(15)19)12-20(9-8-18)11-13-4-2-1-3-5-13/h1-7,10H,8-9,11-12H2. The van der Waals surface area contributed by atoms with Crippen LogP contribution in [-0.4, -0.2) is 17.3 Å². The Hall–Kier alpha value is -0.900. The van der Waals surface area contributed by atoms with Gasteiger partial charge in [-0.1, -0.05) is 36.4 Å². The maximum Gasteiger partial charge on any atom is 0.137 e. The van der Waals surface area contributed by atoms with E-state index in [0.717, 1.165) is 25.2 Å². The molecule has 0 N–H and O–H groups in total. The Morgan fingerprint density at radius 1 is 1.00 bits per heavy atom. The van der Waals surface area contributed by atoms with Crippen molar-refractivity contribution in [3.05, 3.63) is 69.9 Å². The van der Waals surface area contributed by atoms with E-state index in [9.17, 15) is 4.39 Å². The highest BCUT2D eigenvalue weighted by Gasteiger charge is 2.08. The minimum Gasteiger partial charge on any atom is -0.294 e. The van der Waals surface area contributed by atoms with E-state index in [0.29, 0.717) is 10.4 Å². The van der Waals surface area contributed by atoms with Crippen molar-refractivity contribution in [1.82, 2.24) is 4.90 Å². The molecule has 0 fully saturated rings. The molecule has 106 valence electrons. The second kappa shape index (κ2) is 7.77. The molecule has 0 aliphatic heterocycles. The molecule has 0 amide bonds. The van der Waals surface area contributed by atoms with E-state index in [2.05, 4.69) is 33.0 Å². The van der Waals surface area contributed by atoms with Crippen LogP contribution in [0.1, 0.15) is 11.1 Å². The van der Waals surface area contributed by atoms with E-state index < -0.39 is 0 Å². The van der Waals surface area contributed by atoms with Crippen LogP contribution in [-0.2, 0) is 13.1 Å². The third-order valence-electron chi connectivity index (χ3n) is 3.04. The Morgan fingerprint density at radius 3 is 2.35 bits per heavy atom. The third kappa shape index (κ3) is 4.58. The first-order chi connectivity index (χ1) is 9.69. The highest BCUT2D eigenvalue weighted by atomic mass is 79.9. The van der Waals surface area contributed by atoms with E-state index in [4.69, 9.17) is 11.6 Å². The zero-order valence-electron chi connectivity index (χ0n) is 11.0. The summed E-state index contributed by atoms with van der Waals surface area (Å²) in [6, 6.07) is 15.4. The van der Waals surface area contributed by atoms with Gasteiger partial charge in [-0.05, 0) is 39.2 Å². The van der Waals surface area contributed by atoms with Gasteiger partial charge in [0.2, 0.25) is 0 Å². The summed E-state index contributed by atoms with van der Waals surface area (Å²) in [5.41, 5.74) is 2.32. The molecule has 0 aliphatic carbocycles. The number of rotatable bonds is 6. The number of nitrogens with zero attached hydrogens (tertiary/aromatic N) is 1. The molecule has 0 bridgehead atoms. The molecule has 0 saturated carbocycles. The van der Waals surface area contributed by atoms with Gasteiger partial charge in [0.05, 0.1) is 4.47 Å². The molecule has 0 saturated heterocycles. The fourth-order valence-electron chi connectivity index (χ4n) is 2.07. The summed E-state index contributed by atoms with van der Waals surface area (Å²) >= 11 is 9.10. The lowest BCUT2D eigenvalue weighted by Crippen LogP contribution is -2.25. The van der Waals surface area contributed by atoms with Gasteiger partial charge in [0, 0.05) is 25.5 Å². The zero-order valence-corrected chi connectivity index (χ0v) is 13.4. The Kier molecular flexibility index (Phi) is 6.02. The van der Waals surface area contributed by atoms with Crippen molar-refractivity contribution in [2.45, 2.75) is 13.1 Å². The molecule has 0 unspecified atom stereocenters. The Labute approximate surface area is 132 Å². The molecule has 2 rings (SSSR count). The fourth-order valence-corrected chi connectivity index (χ4v) is 2.74. The summed E-state index contributed by atoms with van der Waals surface area (Å²) in [6.07, 6.45) is 0. The van der Waals surface area contributed by atoms with Crippen molar-refractivity contribution in [3.8, 4) is 0 Å². The number of hydrogen-bond donors (Lipinski definition) is 0. The molecule has 0 aromatic heterocycles. The van der Waals surface area contributed by atoms with Gasteiger partial charge in [-0.15, -0.1) is 11.6 Å². The number of alkyl halides is 1. The van der Waals surface area contributed by atoms with Crippen molar-refractivity contribution < 1.29 is 4.39 Å². The summed E-state index contributed by atoms with van der Waals surface area (Å²) in [4.78, 5) is 2.25. The fraction of sp³-hybridized carbons (Fsp3) is 0.250. The lowest BCUT2D eigenvalue weighted by molar-refractivity contribution is 0.273. The lowest BCUT2D eigenvalue weighted by Gasteiger charge is -2.21. The molecule has 0 aliphatic rings. The van der Waals surface area contributed by atoms with E-state index in [1.165, 1.54) is 11.6 Å². The number of hydrogen-bond acceptors (Lipinski definition) is 1. The molecule has 2 aromatic rings. The quantitative estimate of drug-likeness (QED) is 0.670. The zero-order chi connectivity index (χ0) is 14.4. The summed E-state index contributed by atoms with van der Waals surface area (Å²) in [5.74, 6) is 0.343. The Bertz CT molecular complexity index is 547. The molecule has 0 heterocycles. The third-order valence-corrected chi connectivity index (χ3v) is 3.82. The molecule has 2 aromatic carbocycles. The van der Waals surface area contributed by atoms with Gasteiger partial charge in [0.1, 0.15) is 5.82 Å². The molecule has 1 nitrogen and oxygen atoms in total. The van der Waals surface area contributed by atoms with Crippen molar-refractivity contribution >= 4 is 27.5 Å². The van der Waals surface area contributed by atoms with E-state index in [1.807, 2.05) is 30.3 Å². The molecule has 0 radical (unpaired) electrons. The number of halogens is 3. The monoisotopic (exact) mass is 355 g/mol. The van der Waals surface area contributed by atoms with Gasteiger partial charge < -0.3 is 0 Å². The van der Waals surface area contributed by atoms with Crippen LogP contribution in [0.4, 0.5) is 4.39 Å². The van der Waals surface area contributed by atoms with Crippen LogP contribution < -0.4 is 0 Å². The van der Waals surface area contributed by atoms with Gasteiger partial charge in [-0.2, -0.15) is 0 Å². The second-order valence-corrected chi connectivity index (χ2v) is 5.87. The SMILES string of the molecule is Fc1ccc(CN(CCCl)Cc2ccccc2)cc1Br. The maximum atomic E-state index is 13.2. The van der Waals surface area contributed by atoms with E-state index in [1.54, 1.807) is 0 Å². The highest BCUT2D eigenvalue weighted by molar-refractivity contribution is 9.10. The van der Waals surface area contributed by atoms with Gasteiger partial charge in [-0.3, -0.25) is 4.90 Å². The van der Waals surface area contributed by atoms with Gasteiger partial charge >= 0.3 is 0 Å². The molecule has 4 heteroatoms. The topological polar surface area (TPSA) is 3.24 Å². The van der Waals surface area contributed by atoms with Crippen LogP contribution in [0.25, 0.3) is 0 Å². The van der Waals surface area contributed by atoms with Crippen molar-refractivity contribution in [2.24, 2.45) is 0 Å². The normalized spacial score (nSPS) is 11.0. The molecule has 20 heavy (non-hydrogen) atoms. The lowest BCUT2D eigenvalue weighted by atomic mass is 10.1. The number of benzene rings is 2. The molecular formula is C16H16BrClFN. The van der Waals surface area contributed by atoms with Crippen molar-refractivity contribution in [2.75, 3.05) is 12.4 Å². The maximum absolute atomic E-state index is 13.2. The van der Waals surface area contributed by atoms with Crippen LogP contribution in [0.15, 0.2) is 53.0 Å². The summed E-state index contributed by atoms with van der Waals surface area (Å²) in [7, 11) is 0. The molecule has 0 spiro atoms. The first kappa shape index (κ1) is 15.5.